The largest absolute Gasteiger partial charge is 0.393 e. The van der Waals surface area contributed by atoms with Crippen LogP contribution in [0.1, 0.15) is 31.7 Å². The second-order valence-corrected chi connectivity index (χ2v) is 11.0. The average molecular weight is 449 g/mol. The third-order valence-corrected chi connectivity index (χ3v) is 8.27. The molecular formula is C22H28N2O6S. The molecule has 0 unspecified atom stereocenters. The number of nitrogens with zero attached hydrogens (tertiary/aromatic N) is 1. The van der Waals surface area contributed by atoms with Crippen molar-refractivity contribution in [3.8, 4) is 11.1 Å². The topological polar surface area (TPSA) is 126 Å². The summed E-state index contributed by atoms with van der Waals surface area (Å²) in [5.41, 5.74) is 3.91. The Bertz CT molecular complexity index is 1100. The van der Waals surface area contributed by atoms with E-state index in [2.05, 4.69) is 0 Å². The van der Waals surface area contributed by atoms with Gasteiger partial charge in [0.25, 0.3) is 11.5 Å². The van der Waals surface area contributed by atoms with E-state index < -0.39 is 20.5 Å². The number of aryl methyl sites for hydroxylation is 1. The van der Waals surface area contributed by atoms with Gasteiger partial charge in [0.1, 0.15) is 0 Å². The van der Waals surface area contributed by atoms with E-state index in [1.165, 1.54) is 28.6 Å². The number of aliphatic hydroxyl groups excluding tert-OH is 1. The average Bonchev–Trinajstić information content (AvgIpc) is 2.70. The highest BCUT2D eigenvalue weighted by Gasteiger charge is 2.43. The first-order chi connectivity index (χ1) is 14.5. The van der Waals surface area contributed by atoms with Crippen molar-refractivity contribution in [1.29, 1.82) is 0 Å². The summed E-state index contributed by atoms with van der Waals surface area (Å²) in [4.78, 5) is 24.5. The summed E-state index contributed by atoms with van der Waals surface area (Å²) in [6, 6.07) is 11.2. The Morgan fingerprint density at radius 1 is 1.19 bits per heavy atom. The third-order valence-electron chi connectivity index (χ3n) is 6.25. The molecule has 3 N–H and O–H groups in total. The van der Waals surface area contributed by atoms with E-state index in [4.69, 9.17) is 5.21 Å². The third kappa shape index (κ3) is 5.06. The predicted molar refractivity (Wildman–Crippen MR) is 116 cm³/mol. The molecule has 1 aliphatic rings. The van der Waals surface area contributed by atoms with Crippen molar-refractivity contribution < 1.29 is 23.5 Å². The molecule has 168 valence electrons. The van der Waals surface area contributed by atoms with E-state index in [0.717, 1.165) is 36.6 Å². The van der Waals surface area contributed by atoms with Gasteiger partial charge in [-0.1, -0.05) is 24.3 Å². The molecule has 1 atom stereocenters. The Hall–Kier alpha value is -2.49. The summed E-state index contributed by atoms with van der Waals surface area (Å²) < 4.78 is 23.6. The van der Waals surface area contributed by atoms with Crippen LogP contribution in [-0.2, 0) is 27.6 Å². The number of hydrogen-bond acceptors (Lipinski definition) is 6. The number of hydroxylamine groups is 1. The Balaban J connectivity index is 1.71. The lowest BCUT2D eigenvalue weighted by molar-refractivity contribution is -0.131. The van der Waals surface area contributed by atoms with Crippen molar-refractivity contribution in [2.45, 2.75) is 50.0 Å². The minimum atomic E-state index is -3.83. The molecule has 0 spiro atoms. The molecule has 0 aliphatic heterocycles. The van der Waals surface area contributed by atoms with Crippen molar-refractivity contribution in [2.75, 3.05) is 6.26 Å². The molecular weight excluding hydrogens is 420 g/mol. The molecule has 1 aliphatic carbocycles. The lowest BCUT2D eigenvalue weighted by atomic mass is 9.78. The van der Waals surface area contributed by atoms with E-state index in [9.17, 15) is 23.1 Å². The number of sulfone groups is 1. The van der Waals surface area contributed by atoms with Crippen LogP contribution in [0.3, 0.4) is 0 Å². The summed E-state index contributed by atoms with van der Waals surface area (Å²) >= 11 is 0. The van der Waals surface area contributed by atoms with Crippen LogP contribution >= 0.6 is 0 Å². The zero-order chi connectivity index (χ0) is 22.8. The van der Waals surface area contributed by atoms with E-state index in [1.807, 2.05) is 24.3 Å². The van der Waals surface area contributed by atoms with Gasteiger partial charge in [0.2, 0.25) is 0 Å². The molecule has 1 fully saturated rings. The van der Waals surface area contributed by atoms with Crippen LogP contribution in [0.4, 0.5) is 0 Å². The second-order valence-electron chi connectivity index (χ2n) is 8.53. The van der Waals surface area contributed by atoms with Crippen molar-refractivity contribution in [2.24, 2.45) is 5.92 Å². The first kappa shape index (κ1) is 23.2. The second kappa shape index (κ2) is 8.94. The molecule has 9 heteroatoms. The van der Waals surface area contributed by atoms with E-state index in [-0.39, 0.29) is 24.6 Å². The maximum absolute atomic E-state index is 12.5. The van der Waals surface area contributed by atoms with Crippen LogP contribution < -0.4 is 11.0 Å². The lowest BCUT2D eigenvalue weighted by Crippen LogP contribution is -2.49. The minimum Gasteiger partial charge on any atom is -0.393 e. The molecule has 1 aromatic heterocycles. The molecule has 1 saturated carbocycles. The van der Waals surface area contributed by atoms with Gasteiger partial charge in [-0.2, -0.15) is 0 Å². The van der Waals surface area contributed by atoms with Gasteiger partial charge in [0.05, 0.1) is 6.10 Å². The van der Waals surface area contributed by atoms with Gasteiger partial charge in [-0.15, -0.1) is 0 Å². The van der Waals surface area contributed by atoms with E-state index in [0.29, 0.717) is 5.92 Å². The highest BCUT2D eigenvalue weighted by atomic mass is 32.2. The molecule has 0 radical (unpaired) electrons. The van der Waals surface area contributed by atoms with E-state index in [1.54, 1.807) is 12.3 Å². The molecule has 0 saturated heterocycles. The number of carbonyl (C=O) groups is 1. The summed E-state index contributed by atoms with van der Waals surface area (Å²) in [7, 11) is -3.83. The van der Waals surface area contributed by atoms with Crippen LogP contribution in [0.5, 0.6) is 0 Å². The predicted octanol–water partition coefficient (Wildman–Crippen LogP) is 1.53. The Kier molecular flexibility index (Phi) is 6.68. The Labute approximate surface area is 181 Å². The Morgan fingerprint density at radius 3 is 2.35 bits per heavy atom. The normalized spacial score (nSPS) is 20.5. The number of amides is 1. The van der Waals surface area contributed by atoms with Gasteiger partial charge in [-0.3, -0.25) is 14.8 Å². The quantitative estimate of drug-likeness (QED) is 0.415. The number of rotatable bonds is 8. The summed E-state index contributed by atoms with van der Waals surface area (Å²) in [6.07, 6.45) is 4.79. The zero-order valence-electron chi connectivity index (χ0n) is 17.6. The monoisotopic (exact) mass is 448 g/mol. The van der Waals surface area contributed by atoms with Gasteiger partial charge in [-0.05, 0) is 61.3 Å². The van der Waals surface area contributed by atoms with Crippen molar-refractivity contribution in [3.63, 3.8) is 0 Å². The highest BCUT2D eigenvalue weighted by Crippen LogP contribution is 2.31. The fraction of sp³-hybridized carbons (Fsp3) is 0.455. The van der Waals surface area contributed by atoms with Crippen LogP contribution in [0, 0.1) is 5.92 Å². The Morgan fingerprint density at radius 2 is 1.84 bits per heavy atom. The molecule has 31 heavy (non-hydrogen) atoms. The van der Waals surface area contributed by atoms with Crippen molar-refractivity contribution >= 4 is 15.7 Å². The number of aromatic nitrogens is 1. The maximum atomic E-state index is 12.5. The van der Waals surface area contributed by atoms with Gasteiger partial charge in [0.15, 0.2) is 14.6 Å². The minimum absolute atomic E-state index is 0.00226. The number of aliphatic hydroxyl groups is 1. The van der Waals surface area contributed by atoms with E-state index >= 15 is 0 Å². The first-order valence-corrected chi connectivity index (χ1v) is 12.0. The van der Waals surface area contributed by atoms with Crippen LogP contribution in [0.2, 0.25) is 0 Å². The van der Waals surface area contributed by atoms with Gasteiger partial charge >= 0.3 is 0 Å². The fourth-order valence-electron chi connectivity index (χ4n) is 3.83. The molecule has 0 bridgehead atoms. The number of nitrogens with one attached hydrogen (secondary N) is 1. The number of pyridine rings is 1. The number of benzene rings is 1. The zero-order valence-corrected chi connectivity index (χ0v) is 18.4. The number of carbonyl (C=O) groups excluding carboxylic acids is 1. The van der Waals surface area contributed by atoms with Crippen LogP contribution in [0.15, 0.2) is 47.4 Å². The van der Waals surface area contributed by atoms with Gasteiger partial charge in [0, 0.05) is 25.1 Å². The van der Waals surface area contributed by atoms with Gasteiger partial charge in [-0.25, -0.2) is 13.9 Å². The standard InChI is InChI=1S/C22H28N2O6S/c1-22(21(27)23-28,31(2,29)30)8-10-24-9-7-18(14-20(24)26)17-5-3-15(4-6-17)11-16-12-19(25)13-16/h3-7,9,14,16,19,25,28H,8,10-13H2,1-2H3,(H,23,27)/t16?,19?,22-/m1/s1. The van der Waals surface area contributed by atoms with Crippen molar-refractivity contribution in [3.05, 3.63) is 58.5 Å². The maximum Gasteiger partial charge on any atom is 0.264 e. The van der Waals surface area contributed by atoms with Crippen LogP contribution in [-0.4, -0.2) is 46.3 Å². The number of hydrogen-bond donors (Lipinski definition) is 3. The molecule has 8 nitrogen and oxygen atoms in total. The van der Waals surface area contributed by atoms with Crippen LogP contribution in [0.25, 0.3) is 11.1 Å². The summed E-state index contributed by atoms with van der Waals surface area (Å²) in [5, 5.41) is 18.3. The molecule has 1 amide bonds. The fourth-order valence-corrected chi connectivity index (χ4v) is 4.67. The molecule has 1 aromatic carbocycles. The molecule has 2 aromatic rings. The van der Waals surface area contributed by atoms with Crippen molar-refractivity contribution in [1.82, 2.24) is 10.0 Å². The summed E-state index contributed by atoms with van der Waals surface area (Å²) in [5.74, 6) is -0.508. The smallest absolute Gasteiger partial charge is 0.264 e. The SMILES string of the molecule is C[C@@](CCn1ccc(-c2ccc(CC3CC(O)C3)cc2)cc1=O)(C(=O)NO)S(C)(=O)=O. The highest BCUT2D eigenvalue weighted by molar-refractivity contribution is 7.92. The van der Waals surface area contributed by atoms with Gasteiger partial charge < -0.3 is 9.67 Å². The lowest BCUT2D eigenvalue weighted by Gasteiger charge is -2.31. The molecule has 3 rings (SSSR count). The first-order valence-electron chi connectivity index (χ1n) is 10.2. The summed E-state index contributed by atoms with van der Waals surface area (Å²) in [6.45, 7) is 1.22. The molecule has 1 heterocycles.